The molecule has 0 atom stereocenters. The fraction of sp³-hybridized carbons (Fsp3) is 0.240. The van der Waals surface area contributed by atoms with Crippen molar-refractivity contribution in [3.8, 4) is 28.4 Å². The van der Waals surface area contributed by atoms with Crippen LogP contribution in [0.3, 0.4) is 0 Å². The second-order valence-corrected chi connectivity index (χ2v) is 17.6. The molecule has 0 N–H and O–H groups in total. The molecule has 0 saturated heterocycles. The van der Waals surface area contributed by atoms with Gasteiger partial charge in [0.05, 0.1) is 0 Å². The Balaban J connectivity index is 0.00000480. The second-order valence-electron chi connectivity index (χ2n) is 17.6. The summed E-state index contributed by atoms with van der Waals surface area (Å²) in [5.41, 5.74) is 9.79. The van der Waals surface area contributed by atoms with Gasteiger partial charge in [-0.25, -0.2) is 4.98 Å². The first-order valence-electron chi connectivity index (χ1n) is 19.1. The van der Waals surface area contributed by atoms with Gasteiger partial charge >= 0.3 is 0 Å². The van der Waals surface area contributed by atoms with Gasteiger partial charge in [0.1, 0.15) is 5.82 Å². The molecule has 288 valence electrons. The van der Waals surface area contributed by atoms with Gasteiger partial charge in [-0.3, -0.25) is 0 Å². The van der Waals surface area contributed by atoms with E-state index in [1.54, 1.807) is 0 Å². The largest absolute Gasteiger partial charge is 0.509 e. The van der Waals surface area contributed by atoms with Crippen LogP contribution in [0.25, 0.3) is 38.8 Å². The van der Waals surface area contributed by atoms with E-state index in [-0.39, 0.29) is 37.3 Å². The average molecular weight is 917 g/mol. The normalized spacial score (nSPS) is 13.8. The number of nitrogens with zero attached hydrogens (tertiary/aromatic N) is 4. The predicted octanol–water partition coefficient (Wildman–Crippen LogP) is 13.3. The first-order chi connectivity index (χ1) is 26.2. The van der Waals surface area contributed by atoms with Gasteiger partial charge in [-0.2, -0.15) is 12.1 Å². The van der Waals surface area contributed by atoms with Gasteiger partial charge in [0, 0.05) is 72.2 Å². The Kier molecular flexibility index (Phi) is 10.3. The molecule has 0 radical (unpaired) electrons. The maximum atomic E-state index is 6.62. The number of para-hydroxylation sites is 1. The van der Waals surface area contributed by atoms with Crippen molar-refractivity contribution in [3.05, 3.63) is 163 Å². The van der Waals surface area contributed by atoms with E-state index in [4.69, 9.17) is 9.72 Å². The van der Waals surface area contributed by atoms with Gasteiger partial charge < -0.3 is 19.1 Å². The Hall–Kier alpha value is -5.12. The number of hydrogen-bond acceptors (Lipinski definition) is 4. The zero-order valence-corrected chi connectivity index (χ0v) is 36.0. The van der Waals surface area contributed by atoms with E-state index < -0.39 is 0 Å². The number of rotatable bonds is 6. The Morgan fingerprint density at radius 3 is 1.91 bits per heavy atom. The molecule has 0 fully saturated rings. The SMILES string of the molecule is CC(C)(C)C1=C(C(C)(C)C)N(c2ccc(-c3ccccc3)cc2)[CH-]N1c1[c-]c(Oc2[c-]c3c(cc2)c2ccccc2n3-c2cc(C(C)(C)C)ccn2)ccc1.[Pt]. The molecular formula is C50H49N4OPt-3. The molecule has 0 aliphatic carbocycles. The molecule has 0 amide bonds. The van der Waals surface area contributed by atoms with Crippen molar-refractivity contribution >= 4 is 33.2 Å². The topological polar surface area (TPSA) is 33.5 Å². The average Bonchev–Trinajstić information content (AvgIpc) is 3.73. The second kappa shape index (κ2) is 14.8. The minimum absolute atomic E-state index is 0. The summed E-state index contributed by atoms with van der Waals surface area (Å²) in [6.07, 6.45) is 1.90. The molecule has 5 nitrogen and oxygen atoms in total. The number of fused-ring (bicyclic) bond motifs is 3. The van der Waals surface area contributed by atoms with E-state index in [2.05, 4.69) is 199 Å². The van der Waals surface area contributed by atoms with Crippen molar-refractivity contribution in [1.29, 1.82) is 0 Å². The molecule has 1 aliphatic rings. The van der Waals surface area contributed by atoms with Gasteiger partial charge in [0.25, 0.3) is 0 Å². The molecule has 0 bridgehead atoms. The van der Waals surface area contributed by atoms with Crippen LogP contribution in [0.15, 0.2) is 139 Å². The quantitative estimate of drug-likeness (QED) is 0.156. The molecule has 0 unspecified atom stereocenters. The third-order valence-electron chi connectivity index (χ3n) is 10.2. The van der Waals surface area contributed by atoms with Crippen LogP contribution in [0.5, 0.6) is 11.5 Å². The molecule has 5 aromatic carbocycles. The fourth-order valence-corrected chi connectivity index (χ4v) is 7.65. The first kappa shape index (κ1) is 39.1. The Morgan fingerprint density at radius 1 is 0.571 bits per heavy atom. The Morgan fingerprint density at radius 2 is 1.21 bits per heavy atom. The number of benzene rings is 5. The van der Waals surface area contributed by atoms with Crippen LogP contribution >= 0.6 is 0 Å². The monoisotopic (exact) mass is 916 g/mol. The predicted molar refractivity (Wildman–Crippen MR) is 229 cm³/mol. The molecule has 0 spiro atoms. The van der Waals surface area contributed by atoms with Crippen LogP contribution in [0.1, 0.15) is 67.9 Å². The zero-order valence-electron chi connectivity index (χ0n) is 33.7. The van der Waals surface area contributed by atoms with E-state index in [9.17, 15) is 0 Å². The van der Waals surface area contributed by atoms with Crippen molar-refractivity contribution in [2.45, 2.75) is 67.7 Å². The Labute approximate surface area is 346 Å². The summed E-state index contributed by atoms with van der Waals surface area (Å²) < 4.78 is 8.81. The number of pyridine rings is 1. The van der Waals surface area contributed by atoms with Gasteiger partial charge in [0.2, 0.25) is 0 Å². The van der Waals surface area contributed by atoms with E-state index in [1.807, 2.05) is 24.4 Å². The standard InChI is InChI=1S/C50H49N4O.Pt/c1-48(2,3)36-28-29-51-45(30-36)54-43-21-14-13-20-41(43)42-27-26-40(32-44(42)54)55-39-19-15-18-38(31-39)53-33-52(46(49(4,5)6)47(53)50(7,8)9)37-24-22-35(23-25-37)34-16-11-10-12-17-34;/h10-30,33H,1-9H3;/q-3;. The number of ether oxygens (including phenoxy) is 1. The maximum Gasteiger partial charge on any atom is 0.135 e. The molecule has 6 heteroatoms. The Bertz CT molecular complexity index is 2550. The molecule has 2 aromatic heterocycles. The fourth-order valence-electron chi connectivity index (χ4n) is 7.65. The summed E-state index contributed by atoms with van der Waals surface area (Å²) in [5.74, 6) is 2.10. The molecular weight excluding hydrogens is 868 g/mol. The van der Waals surface area contributed by atoms with E-state index >= 15 is 0 Å². The van der Waals surface area contributed by atoms with Crippen LogP contribution in [0, 0.1) is 29.6 Å². The third kappa shape index (κ3) is 7.42. The van der Waals surface area contributed by atoms with E-state index in [0.717, 1.165) is 39.0 Å². The summed E-state index contributed by atoms with van der Waals surface area (Å²) in [6, 6.07) is 49.6. The van der Waals surface area contributed by atoms with Crippen LogP contribution in [-0.2, 0) is 26.5 Å². The number of allylic oxidation sites excluding steroid dienone is 2. The third-order valence-corrected chi connectivity index (χ3v) is 10.2. The molecule has 7 aromatic rings. The first-order valence-corrected chi connectivity index (χ1v) is 19.1. The summed E-state index contributed by atoms with van der Waals surface area (Å²) in [4.78, 5) is 9.48. The number of anilines is 2. The molecule has 56 heavy (non-hydrogen) atoms. The van der Waals surface area contributed by atoms with E-state index in [1.165, 1.54) is 28.1 Å². The van der Waals surface area contributed by atoms with Crippen molar-refractivity contribution in [2.24, 2.45) is 10.8 Å². The summed E-state index contributed by atoms with van der Waals surface area (Å²) in [7, 11) is 0. The van der Waals surface area contributed by atoms with Gasteiger partial charge in [0.15, 0.2) is 0 Å². The number of hydrogen-bond donors (Lipinski definition) is 0. The van der Waals surface area contributed by atoms with Gasteiger partial charge in [-0.05, 0) is 57.8 Å². The summed E-state index contributed by atoms with van der Waals surface area (Å²) >= 11 is 0. The van der Waals surface area contributed by atoms with Crippen molar-refractivity contribution in [3.63, 3.8) is 0 Å². The maximum absolute atomic E-state index is 6.62. The van der Waals surface area contributed by atoms with Gasteiger partial charge in [-0.1, -0.05) is 128 Å². The van der Waals surface area contributed by atoms with Crippen molar-refractivity contribution in [2.75, 3.05) is 9.80 Å². The van der Waals surface area contributed by atoms with Crippen molar-refractivity contribution in [1.82, 2.24) is 9.55 Å². The number of aromatic nitrogens is 2. The van der Waals surface area contributed by atoms with Gasteiger partial charge in [-0.15, -0.1) is 48.1 Å². The summed E-state index contributed by atoms with van der Waals surface area (Å²) in [6.45, 7) is 22.6. The minimum Gasteiger partial charge on any atom is -0.509 e. The summed E-state index contributed by atoms with van der Waals surface area (Å²) in [5, 5.41) is 2.25. The zero-order chi connectivity index (χ0) is 38.7. The molecule has 3 heterocycles. The van der Waals surface area contributed by atoms with Crippen LogP contribution < -0.4 is 14.5 Å². The van der Waals surface area contributed by atoms with Crippen LogP contribution in [0.2, 0.25) is 0 Å². The molecule has 1 aliphatic heterocycles. The minimum atomic E-state index is -0.174. The van der Waals surface area contributed by atoms with Crippen molar-refractivity contribution < 1.29 is 25.8 Å². The molecule has 0 saturated carbocycles. The van der Waals surface area contributed by atoms with Crippen LogP contribution in [0.4, 0.5) is 11.4 Å². The molecule has 8 rings (SSSR count). The van der Waals surface area contributed by atoms with E-state index in [0.29, 0.717) is 11.5 Å². The smallest absolute Gasteiger partial charge is 0.135 e. The van der Waals surface area contributed by atoms with Crippen LogP contribution in [-0.4, -0.2) is 9.55 Å².